The summed E-state index contributed by atoms with van der Waals surface area (Å²) in [6, 6.07) is 13.9. The molecule has 0 aliphatic heterocycles. The van der Waals surface area contributed by atoms with Gasteiger partial charge in [0.1, 0.15) is 11.9 Å². The number of nitrogens with one attached hydrogen (secondary N) is 2. The maximum atomic E-state index is 9.52. The number of fused-ring (bicyclic) bond motifs is 1. The van der Waals surface area contributed by atoms with Crippen molar-refractivity contribution in [2.45, 2.75) is 0 Å². The Morgan fingerprint density at radius 3 is 2.91 bits per heavy atom. The second kappa shape index (κ2) is 5.55. The molecule has 0 amide bonds. The molecule has 2 N–H and O–H groups in total. The highest BCUT2D eigenvalue weighted by Gasteiger charge is 2.11. The number of thiophene rings is 1. The van der Waals surface area contributed by atoms with Gasteiger partial charge in [-0.15, -0.1) is 11.3 Å². The molecule has 3 heterocycles. The largest absolute Gasteiger partial charge is 0.337 e. The average molecular weight is 317 g/mol. The van der Waals surface area contributed by atoms with Crippen molar-refractivity contribution in [3.05, 3.63) is 59.4 Å². The molecule has 5 nitrogen and oxygen atoms in total. The molecule has 23 heavy (non-hydrogen) atoms. The molecule has 6 heteroatoms. The molecular formula is C17H11N5S. The highest BCUT2D eigenvalue weighted by atomic mass is 32.1. The first-order valence-corrected chi connectivity index (χ1v) is 7.87. The van der Waals surface area contributed by atoms with Crippen molar-refractivity contribution in [1.29, 1.82) is 5.26 Å². The van der Waals surface area contributed by atoms with Crippen LogP contribution in [0.5, 0.6) is 0 Å². The lowest BCUT2D eigenvalue weighted by atomic mass is 10.1. The fraction of sp³-hybridized carbons (Fsp3) is 0. The van der Waals surface area contributed by atoms with E-state index in [-0.39, 0.29) is 0 Å². The average Bonchev–Trinajstić information content (AvgIpc) is 3.30. The highest BCUT2D eigenvalue weighted by Crippen LogP contribution is 2.28. The van der Waals surface area contributed by atoms with E-state index in [1.165, 1.54) is 0 Å². The van der Waals surface area contributed by atoms with Crippen LogP contribution in [-0.4, -0.2) is 20.2 Å². The Morgan fingerprint density at radius 1 is 1.22 bits per heavy atom. The van der Waals surface area contributed by atoms with Crippen LogP contribution in [0.4, 0.5) is 0 Å². The number of aromatic nitrogens is 4. The van der Waals surface area contributed by atoms with Gasteiger partial charge in [-0.3, -0.25) is 5.10 Å². The third-order valence-electron chi connectivity index (χ3n) is 3.50. The predicted molar refractivity (Wildman–Crippen MR) is 91.5 cm³/mol. The van der Waals surface area contributed by atoms with Crippen molar-refractivity contribution in [3.63, 3.8) is 0 Å². The number of allylic oxidation sites excluding steroid dienone is 1. The van der Waals surface area contributed by atoms with E-state index in [1.54, 1.807) is 23.6 Å². The van der Waals surface area contributed by atoms with Gasteiger partial charge in [0.15, 0.2) is 0 Å². The number of aromatic amines is 2. The normalized spacial score (nSPS) is 11.7. The molecular weight excluding hydrogens is 306 g/mol. The zero-order valence-corrected chi connectivity index (χ0v) is 12.8. The van der Waals surface area contributed by atoms with E-state index >= 15 is 0 Å². The lowest BCUT2D eigenvalue weighted by molar-refractivity contribution is 1.10. The van der Waals surface area contributed by atoms with Crippen molar-refractivity contribution in [3.8, 4) is 16.6 Å². The Bertz CT molecular complexity index is 998. The number of benzene rings is 1. The Labute approximate surface area is 135 Å². The van der Waals surface area contributed by atoms with E-state index in [1.807, 2.05) is 41.8 Å². The monoisotopic (exact) mass is 317 g/mol. The zero-order chi connectivity index (χ0) is 15.6. The van der Waals surface area contributed by atoms with Crippen LogP contribution >= 0.6 is 11.3 Å². The molecule has 0 aliphatic carbocycles. The molecule has 0 spiro atoms. The first-order chi connectivity index (χ1) is 11.3. The quantitative estimate of drug-likeness (QED) is 0.559. The minimum atomic E-state index is 0.473. The second-order valence-corrected chi connectivity index (χ2v) is 5.90. The highest BCUT2D eigenvalue weighted by molar-refractivity contribution is 7.13. The lowest BCUT2D eigenvalue weighted by Crippen LogP contribution is -1.85. The maximum absolute atomic E-state index is 9.52. The summed E-state index contributed by atoms with van der Waals surface area (Å²) < 4.78 is 0. The van der Waals surface area contributed by atoms with Gasteiger partial charge in [0, 0.05) is 5.56 Å². The van der Waals surface area contributed by atoms with Gasteiger partial charge in [-0.2, -0.15) is 10.4 Å². The first kappa shape index (κ1) is 13.5. The minimum absolute atomic E-state index is 0.473. The summed E-state index contributed by atoms with van der Waals surface area (Å²) >= 11 is 1.62. The molecule has 0 bridgehead atoms. The van der Waals surface area contributed by atoms with Crippen LogP contribution in [-0.2, 0) is 0 Å². The van der Waals surface area contributed by atoms with Gasteiger partial charge in [0.05, 0.1) is 33.4 Å². The molecule has 0 aliphatic rings. The van der Waals surface area contributed by atoms with Crippen LogP contribution in [0.1, 0.15) is 11.4 Å². The van der Waals surface area contributed by atoms with E-state index in [0.717, 1.165) is 27.2 Å². The Kier molecular flexibility index (Phi) is 3.26. The predicted octanol–water partition coefficient (Wildman–Crippen LogP) is 4.08. The Balaban J connectivity index is 1.80. The summed E-state index contributed by atoms with van der Waals surface area (Å²) in [5.74, 6) is 0.562. The van der Waals surface area contributed by atoms with Crippen molar-refractivity contribution in [1.82, 2.24) is 20.2 Å². The SMILES string of the molecule is N#CC(=Cc1cn[nH]c1-c1cccs1)c1nc2ccccc2[nH]1. The summed E-state index contributed by atoms with van der Waals surface area (Å²) in [5, 5.41) is 18.6. The van der Waals surface area contributed by atoms with Crippen LogP contribution in [0, 0.1) is 11.3 Å². The summed E-state index contributed by atoms with van der Waals surface area (Å²) in [7, 11) is 0. The summed E-state index contributed by atoms with van der Waals surface area (Å²) in [6.07, 6.45) is 3.52. The molecule has 4 rings (SSSR count). The van der Waals surface area contributed by atoms with Crippen molar-refractivity contribution in [2.75, 3.05) is 0 Å². The van der Waals surface area contributed by atoms with Crippen LogP contribution in [0.25, 0.3) is 33.3 Å². The van der Waals surface area contributed by atoms with Gasteiger partial charge in [0.2, 0.25) is 0 Å². The smallest absolute Gasteiger partial charge is 0.149 e. The molecule has 3 aromatic heterocycles. The van der Waals surface area contributed by atoms with Crippen LogP contribution in [0.2, 0.25) is 0 Å². The standard InChI is InChI=1S/C17H11N5S/c18-9-11(17-20-13-4-1-2-5-14(13)21-17)8-12-10-19-22-16(12)15-6-3-7-23-15/h1-8,10H,(H,19,22)(H,20,21). The first-order valence-electron chi connectivity index (χ1n) is 6.99. The minimum Gasteiger partial charge on any atom is -0.337 e. The third-order valence-corrected chi connectivity index (χ3v) is 4.39. The number of hydrogen-bond acceptors (Lipinski definition) is 4. The van der Waals surface area contributed by atoms with E-state index in [9.17, 15) is 5.26 Å². The lowest BCUT2D eigenvalue weighted by Gasteiger charge is -1.96. The maximum Gasteiger partial charge on any atom is 0.149 e. The van der Waals surface area contributed by atoms with E-state index in [0.29, 0.717) is 11.4 Å². The number of rotatable bonds is 3. The van der Waals surface area contributed by atoms with Crippen molar-refractivity contribution in [2.24, 2.45) is 0 Å². The number of imidazole rings is 1. The molecule has 4 aromatic rings. The molecule has 110 valence electrons. The van der Waals surface area contributed by atoms with E-state index in [2.05, 4.69) is 26.2 Å². The van der Waals surface area contributed by atoms with Gasteiger partial charge in [-0.05, 0) is 29.7 Å². The van der Waals surface area contributed by atoms with Gasteiger partial charge < -0.3 is 4.98 Å². The molecule has 1 aromatic carbocycles. The van der Waals surface area contributed by atoms with Crippen molar-refractivity contribution >= 4 is 34.0 Å². The van der Waals surface area contributed by atoms with E-state index in [4.69, 9.17) is 0 Å². The van der Waals surface area contributed by atoms with Gasteiger partial charge >= 0.3 is 0 Å². The fourth-order valence-corrected chi connectivity index (χ4v) is 3.15. The fourth-order valence-electron chi connectivity index (χ4n) is 2.41. The molecule has 0 fully saturated rings. The Morgan fingerprint density at radius 2 is 2.13 bits per heavy atom. The topological polar surface area (TPSA) is 81.2 Å². The molecule has 0 atom stereocenters. The Hall–Kier alpha value is -3.17. The van der Waals surface area contributed by atoms with Crippen LogP contribution in [0.15, 0.2) is 48.0 Å². The summed E-state index contributed by atoms with van der Waals surface area (Å²) in [4.78, 5) is 8.75. The zero-order valence-electron chi connectivity index (χ0n) is 11.9. The number of hydrogen-bond donors (Lipinski definition) is 2. The number of nitriles is 1. The summed E-state index contributed by atoms with van der Waals surface area (Å²) in [5.41, 5.74) is 4.00. The molecule has 0 saturated heterocycles. The number of para-hydroxylation sites is 2. The third kappa shape index (κ3) is 2.43. The van der Waals surface area contributed by atoms with Gasteiger partial charge in [0.25, 0.3) is 0 Å². The van der Waals surface area contributed by atoms with Crippen molar-refractivity contribution < 1.29 is 0 Å². The second-order valence-electron chi connectivity index (χ2n) is 4.95. The van der Waals surface area contributed by atoms with E-state index < -0.39 is 0 Å². The number of H-pyrrole nitrogens is 2. The molecule has 0 unspecified atom stereocenters. The van der Waals surface area contributed by atoms with Gasteiger partial charge in [-0.1, -0.05) is 18.2 Å². The summed E-state index contributed by atoms with van der Waals surface area (Å²) in [6.45, 7) is 0. The van der Waals surface area contributed by atoms with Crippen LogP contribution < -0.4 is 0 Å². The molecule has 0 saturated carbocycles. The van der Waals surface area contributed by atoms with Crippen LogP contribution in [0.3, 0.4) is 0 Å². The molecule has 0 radical (unpaired) electrons. The van der Waals surface area contributed by atoms with Gasteiger partial charge in [-0.25, -0.2) is 4.98 Å². The number of nitrogens with zero attached hydrogens (tertiary/aromatic N) is 3.